The largest absolute Gasteiger partial charge is 0.391 e. The Balaban J connectivity index is 3.08. The first kappa shape index (κ1) is 15.7. The number of nitrogens with zero attached hydrogens (tertiary/aromatic N) is 2. The number of anilines is 2. The number of aliphatic hydroxyl groups excluding tert-OH is 1. The SMILES string of the molecule is CCCc1c(NCC)ncnc1NC(C)(C)C(C)O. The summed E-state index contributed by atoms with van der Waals surface area (Å²) in [7, 11) is 0. The molecule has 0 aliphatic rings. The molecule has 5 nitrogen and oxygen atoms in total. The third-order valence-electron chi connectivity index (χ3n) is 3.27. The first-order valence-electron chi connectivity index (χ1n) is 6.96. The summed E-state index contributed by atoms with van der Waals surface area (Å²) in [5, 5.41) is 16.4. The van der Waals surface area contributed by atoms with E-state index in [9.17, 15) is 5.11 Å². The zero-order valence-electron chi connectivity index (χ0n) is 12.6. The van der Waals surface area contributed by atoms with Gasteiger partial charge in [-0.1, -0.05) is 13.3 Å². The standard InChI is InChI=1S/C14H26N4O/c1-6-8-11-12(15-7-2)16-9-17-13(11)18-14(4,5)10(3)19/h9-10,19H,6-8H2,1-5H3,(H2,15,16,17,18). The van der Waals surface area contributed by atoms with Crippen LogP contribution in [0.3, 0.4) is 0 Å². The molecule has 108 valence electrons. The molecule has 0 aliphatic heterocycles. The van der Waals surface area contributed by atoms with Crippen molar-refractivity contribution in [2.45, 2.75) is 59.1 Å². The first-order valence-corrected chi connectivity index (χ1v) is 6.96. The molecular formula is C14H26N4O. The number of aromatic nitrogens is 2. The molecule has 0 saturated carbocycles. The summed E-state index contributed by atoms with van der Waals surface area (Å²) in [6, 6.07) is 0. The molecule has 0 saturated heterocycles. The Bertz CT molecular complexity index is 404. The quantitative estimate of drug-likeness (QED) is 0.707. The van der Waals surface area contributed by atoms with E-state index in [1.54, 1.807) is 13.3 Å². The maximum Gasteiger partial charge on any atom is 0.135 e. The van der Waals surface area contributed by atoms with Gasteiger partial charge in [-0.2, -0.15) is 0 Å². The summed E-state index contributed by atoms with van der Waals surface area (Å²) < 4.78 is 0. The molecule has 5 heteroatoms. The summed E-state index contributed by atoms with van der Waals surface area (Å²) in [6.07, 6.45) is 3.01. The van der Waals surface area contributed by atoms with Crippen LogP contribution in [-0.2, 0) is 6.42 Å². The van der Waals surface area contributed by atoms with Crippen molar-refractivity contribution in [1.82, 2.24) is 9.97 Å². The summed E-state index contributed by atoms with van der Waals surface area (Å²) in [5.41, 5.74) is 0.654. The second kappa shape index (κ2) is 6.70. The monoisotopic (exact) mass is 266 g/mol. The highest BCUT2D eigenvalue weighted by molar-refractivity contribution is 5.58. The van der Waals surface area contributed by atoms with Gasteiger partial charge in [0.05, 0.1) is 11.6 Å². The minimum absolute atomic E-state index is 0.430. The minimum atomic E-state index is -0.473. The van der Waals surface area contributed by atoms with Crippen LogP contribution >= 0.6 is 0 Å². The average molecular weight is 266 g/mol. The minimum Gasteiger partial charge on any atom is -0.391 e. The fourth-order valence-corrected chi connectivity index (χ4v) is 1.74. The van der Waals surface area contributed by atoms with Gasteiger partial charge in [-0.3, -0.25) is 0 Å². The maximum absolute atomic E-state index is 9.81. The number of hydrogen-bond donors (Lipinski definition) is 3. The lowest BCUT2D eigenvalue weighted by molar-refractivity contribution is 0.133. The highest BCUT2D eigenvalue weighted by Gasteiger charge is 2.25. The number of hydrogen-bond acceptors (Lipinski definition) is 5. The van der Waals surface area contributed by atoms with Crippen LogP contribution < -0.4 is 10.6 Å². The van der Waals surface area contributed by atoms with Gasteiger partial charge in [0, 0.05) is 12.1 Å². The Hall–Kier alpha value is -1.36. The molecule has 3 N–H and O–H groups in total. The smallest absolute Gasteiger partial charge is 0.135 e. The van der Waals surface area contributed by atoms with Crippen molar-refractivity contribution in [3.8, 4) is 0 Å². The van der Waals surface area contributed by atoms with E-state index in [-0.39, 0.29) is 0 Å². The van der Waals surface area contributed by atoms with E-state index in [1.807, 2.05) is 20.8 Å². The highest BCUT2D eigenvalue weighted by Crippen LogP contribution is 2.25. The van der Waals surface area contributed by atoms with Crippen molar-refractivity contribution < 1.29 is 5.11 Å². The van der Waals surface area contributed by atoms with Crippen molar-refractivity contribution in [2.75, 3.05) is 17.2 Å². The van der Waals surface area contributed by atoms with Gasteiger partial charge in [0.15, 0.2) is 0 Å². The molecule has 0 spiro atoms. The molecule has 0 fully saturated rings. The van der Waals surface area contributed by atoms with E-state index in [2.05, 4.69) is 27.5 Å². The maximum atomic E-state index is 9.81. The van der Waals surface area contributed by atoms with Gasteiger partial charge >= 0.3 is 0 Å². The first-order chi connectivity index (χ1) is 8.92. The van der Waals surface area contributed by atoms with Gasteiger partial charge in [0.25, 0.3) is 0 Å². The summed E-state index contributed by atoms with van der Waals surface area (Å²) in [5.74, 6) is 1.68. The van der Waals surface area contributed by atoms with E-state index >= 15 is 0 Å². The molecule has 0 amide bonds. The molecule has 19 heavy (non-hydrogen) atoms. The topological polar surface area (TPSA) is 70.1 Å². The lowest BCUT2D eigenvalue weighted by atomic mass is 9.98. The highest BCUT2D eigenvalue weighted by atomic mass is 16.3. The van der Waals surface area contributed by atoms with Crippen LogP contribution in [0.5, 0.6) is 0 Å². The van der Waals surface area contributed by atoms with E-state index in [0.29, 0.717) is 0 Å². The Morgan fingerprint density at radius 2 is 1.89 bits per heavy atom. The zero-order valence-corrected chi connectivity index (χ0v) is 12.6. The molecule has 1 atom stereocenters. The molecule has 0 aliphatic carbocycles. The van der Waals surface area contributed by atoms with Crippen LogP contribution in [0, 0.1) is 0 Å². The van der Waals surface area contributed by atoms with Crippen LogP contribution in [0.4, 0.5) is 11.6 Å². The second-order valence-corrected chi connectivity index (χ2v) is 5.35. The van der Waals surface area contributed by atoms with Crippen LogP contribution in [0.15, 0.2) is 6.33 Å². The van der Waals surface area contributed by atoms with Gasteiger partial charge in [-0.15, -0.1) is 0 Å². The van der Waals surface area contributed by atoms with Gasteiger partial charge in [0.2, 0.25) is 0 Å². The lowest BCUT2D eigenvalue weighted by Crippen LogP contribution is -2.42. The fourth-order valence-electron chi connectivity index (χ4n) is 1.74. The molecular weight excluding hydrogens is 240 g/mol. The lowest BCUT2D eigenvalue weighted by Gasteiger charge is -2.31. The molecule has 1 unspecified atom stereocenters. The van der Waals surface area contributed by atoms with Crippen LogP contribution in [-0.4, -0.2) is 33.3 Å². The van der Waals surface area contributed by atoms with Crippen LogP contribution in [0.25, 0.3) is 0 Å². The molecule has 0 radical (unpaired) electrons. The van der Waals surface area contributed by atoms with Crippen molar-refractivity contribution in [3.05, 3.63) is 11.9 Å². The molecule has 1 aromatic heterocycles. The number of rotatable bonds is 7. The zero-order chi connectivity index (χ0) is 14.5. The van der Waals surface area contributed by atoms with Gasteiger partial charge < -0.3 is 15.7 Å². The molecule has 1 aromatic rings. The summed E-state index contributed by atoms with van der Waals surface area (Å²) in [6.45, 7) is 10.7. The number of nitrogens with one attached hydrogen (secondary N) is 2. The Morgan fingerprint density at radius 3 is 2.42 bits per heavy atom. The van der Waals surface area contributed by atoms with Crippen molar-refractivity contribution in [1.29, 1.82) is 0 Å². The summed E-state index contributed by atoms with van der Waals surface area (Å²) >= 11 is 0. The average Bonchev–Trinajstić information content (AvgIpc) is 2.33. The van der Waals surface area contributed by atoms with Crippen molar-refractivity contribution in [2.24, 2.45) is 0 Å². The Morgan fingerprint density at radius 1 is 1.26 bits per heavy atom. The number of aliphatic hydroxyl groups is 1. The third kappa shape index (κ3) is 4.06. The van der Waals surface area contributed by atoms with Gasteiger partial charge in [-0.05, 0) is 34.1 Å². The Labute approximate surface area is 115 Å². The van der Waals surface area contributed by atoms with Crippen molar-refractivity contribution in [3.63, 3.8) is 0 Å². The van der Waals surface area contributed by atoms with E-state index in [4.69, 9.17) is 0 Å². The van der Waals surface area contributed by atoms with Crippen LogP contribution in [0.1, 0.15) is 46.6 Å². The van der Waals surface area contributed by atoms with Gasteiger partial charge in [0.1, 0.15) is 18.0 Å². The fraction of sp³-hybridized carbons (Fsp3) is 0.714. The predicted molar refractivity (Wildman–Crippen MR) is 79.6 cm³/mol. The van der Waals surface area contributed by atoms with E-state index < -0.39 is 11.6 Å². The van der Waals surface area contributed by atoms with Gasteiger partial charge in [-0.25, -0.2) is 9.97 Å². The summed E-state index contributed by atoms with van der Waals surface area (Å²) in [4.78, 5) is 8.63. The molecule has 0 aromatic carbocycles. The normalized spacial score (nSPS) is 13.2. The molecule has 1 heterocycles. The second-order valence-electron chi connectivity index (χ2n) is 5.35. The predicted octanol–water partition coefficient (Wildman–Crippen LogP) is 2.43. The van der Waals surface area contributed by atoms with E-state index in [1.165, 1.54) is 0 Å². The molecule has 1 rings (SSSR count). The third-order valence-corrected chi connectivity index (χ3v) is 3.27. The Kier molecular flexibility index (Phi) is 5.54. The van der Waals surface area contributed by atoms with E-state index in [0.717, 1.165) is 36.6 Å². The molecule has 0 bridgehead atoms. The van der Waals surface area contributed by atoms with Crippen molar-refractivity contribution >= 4 is 11.6 Å². The van der Waals surface area contributed by atoms with Crippen LogP contribution in [0.2, 0.25) is 0 Å².